The number of imide groups is 1. The van der Waals surface area contributed by atoms with Crippen molar-refractivity contribution in [3.8, 4) is 0 Å². The third-order valence-electron chi connectivity index (χ3n) is 5.67. The summed E-state index contributed by atoms with van der Waals surface area (Å²) >= 11 is 0. The van der Waals surface area contributed by atoms with E-state index in [9.17, 15) is 9.59 Å². The molecule has 1 unspecified atom stereocenters. The zero-order chi connectivity index (χ0) is 20.3. The van der Waals surface area contributed by atoms with Gasteiger partial charge in [-0.3, -0.25) is 4.79 Å². The molecule has 1 aliphatic heterocycles. The Kier molecular flexibility index (Phi) is 5.87. The minimum absolute atomic E-state index is 0.0211. The van der Waals surface area contributed by atoms with Gasteiger partial charge >= 0.3 is 6.09 Å². The number of carbonyl (C=O) groups excluding carboxylic acids is 2. The van der Waals surface area contributed by atoms with Gasteiger partial charge in [-0.1, -0.05) is 94.8 Å². The minimum atomic E-state index is -1.01. The van der Waals surface area contributed by atoms with Crippen molar-refractivity contribution in [3.05, 3.63) is 71.8 Å². The second-order valence-corrected chi connectivity index (χ2v) is 8.01. The molecule has 1 heterocycles. The van der Waals surface area contributed by atoms with Gasteiger partial charge < -0.3 is 4.74 Å². The fourth-order valence-electron chi connectivity index (χ4n) is 4.11. The second-order valence-electron chi connectivity index (χ2n) is 8.01. The van der Waals surface area contributed by atoms with E-state index < -0.39 is 17.7 Å². The zero-order valence-corrected chi connectivity index (χ0v) is 17.1. The van der Waals surface area contributed by atoms with Crippen molar-refractivity contribution in [2.24, 2.45) is 11.8 Å². The Labute approximate surface area is 167 Å². The number of cyclic esters (lactones) is 1. The molecule has 0 radical (unpaired) electrons. The average molecular weight is 380 g/mol. The van der Waals surface area contributed by atoms with Crippen molar-refractivity contribution >= 4 is 12.0 Å². The molecule has 4 nitrogen and oxygen atoms in total. The first-order valence-electron chi connectivity index (χ1n) is 10.1. The lowest BCUT2D eigenvalue weighted by Gasteiger charge is -2.37. The highest BCUT2D eigenvalue weighted by molar-refractivity contribution is 5.94. The molecule has 3 rings (SSSR count). The van der Waals surface area contributed by atoms with Crippen LogP contribution in [0.25, 0.3) is 0 Å². The van der Waals surface area contributed by atoms with Gasteiger partial charge in [-0.25, -0.2) is 9.69 Å². The summed E-state index contributed by atoms with van der Waals surface area (Å²) < 4.78 is 6.11. The highest BCUT2D eigenvalue weighted by Gasteiger charge is 2.59. The Morgan fingerprint density at radius 2 is 1.50 bits per heavy atom. The standard InChI is InChI=1S/C24H29NO3/c1-5-18(4)16-21(26)25-22(17(2)3)24(28-23(25)27,19-12-8-6-9-13-19)20-14-10-7-11-15-20/h6-15,17-18,22H,5,16H2,1-4H3/t18?,22-/m1/s1. The van der Waals surface area contributed by atoms with Crippen molar-refractivity contribution in [2.45, 2.75) is 52.2 Å². The van der Waals surface area contributed by atoms with E-state index in [2.05, 4.69) is 6.92 Å². The van der Waals surface area contributed by atoms with Crippen molar-refractivity contribution in [1.29, 1.82) is 0 Å². The second kappa shape index (κ2) is 8.17. The molecule has 2 aromatic carbocycles. The number of hydrogen-bond donors (Lipinski definition) is 0. The normalized spacial score (nSPS) is 19.5. The molecule has 0 spiro atoms. The SMILES string of the molecule is CCC(C)CC(=O)N1C(=O)OC(c2ccccc2)(c2ccccc2)[C@H]1C(C)C. The van der Waals surface area contributed by atoms with Crippen molar-refractivity contribution in [1.82, 2.24) is 4.90 Å². The van der Waals surface area contributed by atoms with E-state index in [0.29, 0.717) is 6.42 Å². The van der Waals surface area contributed by atoms with E-state index >= 15 is 0 Å². The number of amides is 2. The molecule has 2 atom stereocenters. The van der Waals surface area contributed by atoms with E-state index in [1.807, 2.05) is 81.4 Å². The molecular formula is C24H29NO3. The highest BCUT2D eigenvalue weighted by atomic mass is 16.6. The van der Waals surface area contributed by atoms with Crippen LogP contribution in [0.2, 0.25) is 0 Å². The third-order valence-corrected chi connectivity index (χ3v) is 5.67. The number of benzene rings is 2. The predicted octanol–water partition coefficient (Wildman–Crippen LogP) is 5.37. The minimum Gasteiger partial charge on any atom is -0.430 e. The van der Waals surface area contributed by atoms with E-state index in [1.165, 1.54) is 4.90 Å². The highest BCUT2D eigenvalue weighted by Crippen LogP contribution is 2.47. The lowest BCUT2D eigenvalue weighted by atomic mass is 9.75. The summed E-state index contributed by atoms with van der Waals surface area (Å²) in [6.45, 7) is 8.16. The third kappa shape index (κ3) is 3.44. The Hall–Kier alpha value is -2.62. The Morgan fingerprint density at radius 1 is 1.00 bits per heavy atom. The van der Waals surface area contributed by atoms with E-state index in [-0.39, 0.29) is 17.7 Å². The monoisotopic (exact) mass is 379 g/mol. The molecule has 1 aliphatic rings. The molecule has 0 aromatic heterocycles. The Morgan fingerprint density at radius 3 is 1.93 bits per heavy atom. The van der Waals surface area contributed by atoms with Gasteiger partial charge in [0.15, 0.2) is 5.60 Å². The van der Waals surface area contributed by atoms with Crippen LogP contribution >= 0.6 is 0 Å². The number of nitrogens with zero attached hydrogens (tertiary/aromatic N) is 1. The predicted molar refractivity (Wildman–Crippen MR) is 110 cm³/mol. The summed E-state index contributed by atoms with van der Waals surface area (Å²) in [6.07, 6.45) is 0.678. The van der Waals surface area contributed by atoms with Crippen LogP contribution in [0.15, 0.2) is 60.7 Å². The lowest BCUT2D eigenvalue weighted by Crippen LogP contribution is -2.50. The van der Waals surface area contributed by atoms with Crippen LogP contribution in [-0.4, -0.2) is 22.9 Å². The summed E-state index contributed by atoms with van der Waals surface area (Å²) in [5, 5.41) is 0. The van der Waals surface area contributed by atoms with E-state index in [1.54, 1.807) is 0 Å². The van der Waals surface area contributed by atoms with E-state index in [0.717, 1.165) is 17.5 Å². The molecule has 4 heteroatoms. The molecule has 28 heavy (non-hydrogen) atoms. The maximum atomic E-state index is 13.1. The summed E-state index contributed by atoms with van der Waals surface area (Å²) in [5.74, 6) is 0.0797. The van der Waals surface area contributed by atoms with Gasteiger partial charge in [0, 0.05) is 17.5 Å². The van der Waals surface area contributed by atoms with Crippen molar-refractivity contribution < 1.29 is 14.3 Å². The zero-order valence-electron chi connectivity index (χ0n) is 17.1. The average Bonchev–Trinajstić information content (AvgIpc) is 3.03. The molecule has 0 N–H and O–H groups in total. The Bertz CT molecular complexity index is 777. The Balaban J connectivity index is 2.17. The largest absolute Gasteiger partial charge is 0.430 e. The van der Waals surface area contributed by atoms with Crippen LogP contribution in [0.1, 0.15) is 51.7 Å². The van der Waals surface area contributed by atoms with Gasteiger partial charge in [0.05, 0.1) is 6.04 Å². The summed E-state index contributed by atoms with van der Waals surface area (Å²) in [7, 11) is 0. The smallest absolute Gasteiger partial charge is 0.418 e. The van der Waals surface area contributed by atoms with Crippen LogP contribution in [0.5, 0.6) is 0 Å². The number of hydrogen-bond acceptors (Lipinski definition) is 3. The first-order chi connectivity index (χ1) is 13.4. The first kappa shape index (κ1) is 20.1. The molecule has 148 valence electrons. The summed E-state index contributed by atoms with van der Waals surface area (Å²) in [6, 6.07) is 19.1. The maximum absolute atomic E-state index is 13.1. The van der Waals surface area contributed by atoms with Crippen LogP contribution in [0, 0.1) is 11.8 Å². The van der Waals surface area contributed by atoms with Crippen molar-refractivity contribution in [2.75, 3.05) is 0 Å². The summed E-state index contributed by atoms with van der Waals surface area (Å²) in [4.78, 5) is 27.5. The van der Waals surface area contributed by atoms with Crippen LogP contribution in [0.3, 0.4) is 0 Å². The van der Waals surface area contributed by atoms with E-state index in [4.69, 9.17) is 4.74 Å². The summed E-state index contributed by atoms with van der Waals surface area (Å²) in [5.41, 5.74) is 0.748. The number of carbonyl (C=O) groups is 2. The maximum Gasteiger partial charge on any atom is 0.418 e. The molecular weight excluding hydrogens is 350 g/mol. The van der Waals surface area contributed by atoms with Gasteiger partial charge in [-0.2, -0.15) is 0 Å². The fourth-order valence-corrected chi connectivity index (χ4v) is 4.11. The quantitative estimate of drug-likeness (QED) is 0.678. The molecule has 2 amide bonds. The molecule has 0 saturated carbocycles. The molecule has 0 aliphatic carbocycles. The van der Waals surface area contributed by atoms with Crippen LogP contribution in [-0.2, 0) is 15.1 Å². The fraction of sp³-hybridized carbons (Fsp3) is 0.417. The topological polar surface area (TPSA) is 46.6 Å². The molecule has 0 bridgehead atoms. The van der Waals surface area contributed by atoms with Crippen molar-refractivity contribution in [3.63, 3.8) is 0 Å². The lowest BCUT2D eigenvalue weighted by molar-refractivity contribution is -0.131. The van der Waals surface area contributed by atoms with Gasteiger partial charge in [0.1, 0.15) is 0 Å². The number of ether oxygens (including phenoxy) is 1. The van der Waals surface area contributed by atoms with Gasteiger partial charge in [-0.15, -0.1) is 0 Å². The van der Waals surface area contributed by atoms with Gasteiger partial charge in [0.25, 0.3) is 0 Å². The molecule has 1 fully saturated rings. The van der Waals surface area contributed by atoms with Crippen LogP contribution in [0.4, 0.5) is 4.79 Å². The molecule has 1 saturated heterocycles. The van der Waals surface area contributed by atoms with Crippen LogP contribution < -0.4 is 0 Å². The van der Waals surface area contributed by atoms with Gasteiger partial charge in [0.2, 0.25) is 5.91 Å². The molecule has 2 aromatic rings. The first-order valence-corrected chi connectivity index (χ1v) is 10.1. The number of rotatable bonds is 6. The van der Waals surface area contributed by atoms with Gasteiger partial charge in [-0.05, 0) is 11.8 Å².